The molecule has 1 aromatic carbocycles. The average Bonchev–Trinajstić information content (AvgIpc) is 2.44. The third kappa shape index (κ3) is 1.89. The summed E-state index contributed by atoms with van der Waals surface area (Å²) >= 11 is 0. The summed E-state index contributed by atoms with van der Waals surface area (Å²) in [6.45, 7) is 3.98. The molecule has 0 saturated heterocycles. The van der Waals surface area contributed by atoms with Gasteiger partial charge in [0.2, 0.25) is 0 Å². The lowest BCUT2D eigenvalue weighted by Gasteiger charge is -2.26. The fourth-order valence-corrected chi connectivity index (χ4v) is 2.87. The third-order valence-corrected chi connectivity index (χ3v) is 3.94. The Morgan fingerprint density at radius 2 is 2.26 bits per heavy atom. The predicted octanol–water partition coefficient (Wildman–Crippen LogP) is 2.66. The highest BCUT2D eigenvalue weighted by atomic mass is 15.1. The molecule has 0 fully saturated rings. The zero-order valence-corrected chi connectivity index (χ0v) is 11.4. The second-order valence-electron chi connectivity index (χ2n) is 5.18. The van der Waals surface area contributed by atoms with Crippen molar-refractivity contribution in [1.29, 1.82) is 5.26 Å². The summed E-state index contributed by atoms with van der Waals surface area (Å²) in [6, 6.07) is 8.57. The first-order valence-electron chi connectivity index (χ1n) is 6.76. The molecule has 19 heavy (non-hydrogen) atoms. The van der Waals surface area contributed by atoms with Crippen LogP contribution in [0.15, 0.2) is 18.2 Å². The van der Waals surface area contributed by atoms with E-state index in [0.29, 0.717) is 0 Å². The van der Waals surface area contributed by atoms with Gasteiger partial charge in [0.25, 0.3) is 0 Å². The van der Waals surface area contributed by atoms with Crippen molar-refractivity contribution >= 4 is 10.9 Å². The highest BCUT2D eigenvalue weighted by Crippen LogP contribution is 2.28. The molecule has 3 nitrogen and oxygen atoms in total. The van der Waals surface area contributed by atoms with Crippen LogP contribution in [-0.4, -0.2) is 23.5 Å². The number of aromatic nitrogens is 1. The monoisotopic (exact) mass is 251 g/mol. The number of nitrogens with zero attached hydrogens (tertiary/aromatic N) is 3. The van der Waals surface area contributed by atoms with E-state index >= 15 is 0 Å². The van der Waals surface area contributed by atoms with Gasteiger partial charge in [-0.3, -0.25) is 4.98 Å². The van der Waals surface area contributed by atoms with Gasteiger partial charge in [-0.1, -0.05) is 25.1 Å². The lowest BCUT2D eigenvalue weighted by atomic mass is 9.95. The lowest BCUT2D eigenvalue weighted by Crippen LogP contribution is -2.28. The van der Waals surface area contributed by atoms with Gasteiger partial charge in [-0.05, 0) is 19.0 Å². The van der Waals surface area contributed by atoms with Crippen LogP contribution in [0, 0.1) is 11.3 Å². The Hall–Kier alpha value is -1.92. The van der Waals surface area contributed by atoms with Gasteiger partial charge in [-0.25, -0.2) is 0 Å². The molecule has 0 unspecified atom stereocenters. The maximum Gasteiger partial charge on any atom is 0.100 e. The lowest BCUT2D eigenvalue weighted by molar-refractivity contribution is 0.310. The van der Waals surface area contributed by atoms with Crippen molar-refractivity contribution in [2.24, 2.45) is 0 Å². The minimum atomic E-state index is 0.821. The molecule has 0 atom stereocenters. The Morgan fingerprint density at radius 3 is 3.00 bits per heavy atom. The first-order chi connectivity index (χ1) is 9.24. The molecule has 2 aromatic rings. The highest BCUT2D eigenvalue weighted by Gasteiger charge is 2.21. The molecule has 0 amide bonds. The molecular weight excluding hydrogens is 234 g/mol. The Morgan fingerprint density at radius 1 is 1.42 bits per heavy atom. The minimum absolute atomic E-state index is 0.821. The zero-order chi connectivity index (χ0) is 13.4. The summed E-state index contributed by atoms with van der Waals surface area (Å²) in [5, 5.41) is 10.6. The van der Waals surface area contributed by atoms with Gasteiger partial charge >= 0.3 is 0 Å². The Bertz CT molecular complexity index is 682. The van der Waals surface area contributed by atoms with Gasteiger partial charge < -0.3 is 4.90 Å². The quantitative estimate of drug-likeness (QED) is 0.782. The number of pyridine rings is 1. The first kappa shape index (κ1) is 12.1. The molecule has 0 aliphatic carbocycles. The molecule has 0 spiro atoms. The summed E-state index contributed by atoms with van der Waals surface area (Å²) < 4.78 is 0. The SMILES string of the molecule is CCc1cccc2c(C#N)c3c(nc12)CCN(C)C3. The molecular formula is C16H17N3. The minimum Gasteiger partial charge on any atom is -0.302 e. The maximum absolute atomic E-state index is 9.55. The number of rotatable bonds is 1. The summed E-state index contributed by atoms with van der Waals surface area (Å²) in [7, 11) is 2.09. The molecule has 96 valence electrons. The van der Waals surface area contributed by atoms with Crippen molar-refractivity contribution in [3.05, 3.63) is 40.6 Å². The van der Waals surface area contributed by atoms with Crippen LogP contribution >= 0.6 is 0 Å². The molecule has 0 bridgehead atoms. The number of benzene rings is 1. The van der Waals surface area contributed by atoms with Crippen LogP contribution in [0.25, 0.3) is 10.9 Å². The summed E-state index contributed by atoms with van der Waals surface area (Å²) in [5.41, 5.74) is 5.31. The number of hydrogen-bond donors (Lipinski definition) is 0. The molecule has 1 aliphatic rings. The summed E-state index contributed by atoms with van der Waals surface area (Å²) in [4.78, 5) is 7.10. The molecule has 2 heterocycles. The molecule has 0 N–H and O–H groups in total. The summed E-state index contributed by atoms with van der Waals surface area (Å²) in [5.74, 6) is 0. The van der Waals surface area contributed by atoms with E-state index in [1.54, 1.807) is 0 Å². The van der Waals surface area contributed by atoms with Crippen LogP contribution in [0.4, 0.5) is 0 Å². The van der Waals surface area contributed by atoms with Crippen LogP contribution < -0.4 is 0 Å². The first-order valence-corrected chi connectivity index (χ1v) is 6.76. The third-order valence-electron chi connectivity index (χ3n) is 3.94. The van der Waals surface area contributed by atoms with E-state index in [0.717, 1.165) is 53.7 Å². The van der Waals surface area contributed by atoms with Crippen molar-refractivity contribution in [3.8, 4) is 6.07 Å². The number of aryl methyl sites for hydroxylation is 1. The van der Waals surface area contributed by atoms with Crippen LogP contribution in [-0.2, 0) is 19.4 Å². The predicted molar refractivity (Wildman–Crippen MR) is 75.9 cm³/mol. The van der Waals surface area contributed by atoms with Crippen molar-refractivity contribution in [3.63, 3.8) is 0 Å². The van der Waals surface area contributed by atoms with Crippen LogP contribution in [0.1, 0.15) is 29.3 Å². The molecule has 0 radical (unpaired) electrons. The van der Waals surface area contributed by atoms with Gasteiger partial charge in [0.1, 0.15) is 6.07 Å². The topological polar surface area (TPSA) is 39.9 Å². The number of nitriles is 1. The molecule has 1 aliphatic heterocycles. The second-order valence-corrected chi connectivity index (χ2v) is 5.18. The van der Waals surface area contributed by atoms with E-state index in [-0.39, 0.29) is 0 Å². The fourth-order valence-electron chi connectivity index (χ4n) is 2.87. The van der Waals surface area contributed by atoms with E-state index in [4.69, 9.17) is 4.98 Å². The molecule has 3 rings (SSSR count). The van der Waals surface area contributed by atoms with Gasteiger partial charge in [-0.2, -0.15) is 5.26 Å². The number of para-hydroxylation sites is 1. The number of likely N-dealkylation sites (N-methyl/N-ethyl adjacent to an activating group) is 1. The summed E-state index contributed by atoms with van der Waals surface area (Å²) in [6.07, 6.45) is 1.89. The van der Waals surface area contributed by atoms with E-state index in [9.17, 15) is 5.26 Å². The van der Waals surface area contributed by atoms with Crippen molar-refractivity contribution in [2.75, 3.05) is 13.6 Å². The molecule has 3 heteroatoms. The van der Waals surface area contributed by atoms with Gasteiger partial charge in [0.05, 0.1) is 11.1 Å². The van der Waals surface area contributed by atoms with Gasteiger partial charge in [0, 0.05) is 36.2 Å². The van der Waals surface area contributed by atoms with Gasteiger partial charge in [0.15, 0.2) is 0 Å². The van der Waals surface area contributed by atoms with Crippen LogP contribution in [0.5, 0.6) is 0 Å². The standard InChI is InChI=1S/C16H17N3/c1-3-11-5-4-6-12-13(9-17)14-10-19(2)8-7-15(14)18-16(11)12/h4-6H,3,7-8,10H2,1-2H3. The molecule has 0 saturated carbocycles. The van der Waals surface area contributed by atoms with Crippen LogP contribution in [0.3, 0.4) is 0 Å². The van der Waals surface area contributed by atoms with Crippen molar-refractivity contribution < 1.29 is 0 Å². The van der Waals surface area contributed by atoms with Crippen molar-refractivity contribution in [2.45, 2.75) is 26.3 Å². The van der Waals surface area contributed by atoms with E-state index < -0.39 is 0 Å². The normalized spacial score (nSPS) is 15.2. The Balaban J connectivity index is 2.36. The number of fused-ring (bicyclic) bond motifs is 2. The molecule has 1 aromatic heterocycles. The average molecular weight is 251 g/mol. The Kier molecular flexibility index (Phi) is 2.96. The smallest absolute Gasteiger partial charge is 0.100 e. The number of hydrogen-bond acceptors (Lipinski definition) is 3. The van der Waals surface area contributed by atoms with E-state index in [1.165, 1.54) is 5.56 Å². The van der Waals surface area contributed by atoms with Crippen molar-refractivity contribution in [1.82, 2.24) is 9.88 Å². The fraction of sp³-hybridized carbons (Fsp3) is 0.375. The largest absolute Gasteiger partial charge is 0.302 e. The van der Waals surface area contributed by atoms with E-state index in [1.807, 2.05) is 12.1 Å². The van der Waals surface area contributed by atoms with Crippen LogP contribution in [0.2, 0.25) is 0 Å². The highest BCUT2D eigenvalue weighted by molar-refractivity contribution is 5.88. The van der Waals surface area contributed by atoms with E-state index in [2.05, 4.69) is 31.0 Å². The zero-order valence-electron chi connectivity index (χ0n) is 11.4. The Labute approximate surface area is 113 Å². The second kappa shape index (κ2) is 4.64. The maximum atomic E-state index is 9.55. The van der Waals surface area contributed by atoms with Gasteiger partial charge in [-0.15, -0.1) is 0 Å².